The van der Waals surface area contributed by atoms with Crippen LogP contribution in [0.3, 0.4) is 0 Å². The fourth-order valence-corrected chi connectivity index (χ4v) is 4.65. The Hall–Kier alpha value is -3.10. The highest BCUT2D eigenvalue weighted by atomic mass is 32.1. The molecule has 0 bridgehead atoms. The predicted molar refractivity (Wildman–Crippen MR) is 107 cm³/mol. The average molecular weight is 410 g/mol. The zero-order valence-electron chi connectivity index (χ0n) is 14.6. The molecule has 2 N–H and O–H groups in total. The molecule has 1 aromatic heterocycles. The Kier molecular flexibility index (Phi) is 4.44. The maximum Gasteiger partial charge on any atom is 0.331 e. The Morgan fingerprint density at radius 2 is 1.93 bits per heavy atom. The van der Waals surface area contributed by atoms with E-state index in [4.69, 9.17) is 12.2 Å². The van der Waals surface area contributed by atoms with Crippen molar-refractivity contribution >= 4 is 41.0 Å². The van der Waals surface area contributed by atoms with Gasteiger partial charge in [0.25, 0.3) is 5.91 Å². The molecule has 28 heavy (non-hydrogen) atoms. The highest BCUT2D eigenvalue weighted by Gasteiger charge is 2.31. The number of amides is 1. The molecule has 1 atom stereocenters. The predicted octanol–water partition coefficient (Wildman–Crippen LogP) is 2.33. The summed E-state index contributed by atoms with van der Waals surface area (Å²) in [6, 6.07) is 12.7. The minimum absolute atomic E-state index is 0.158. The highest BCUT2D eigenvalue weighted by Crippen LogP contribution is 2.36. The number of thiazole rings is 1. The van der Waals surface area contributed by atoms with E-state index in [1.807, 2.05) is 19.1 Å². The number of aryl methyl sites for hydroxylation is 1. The molecule has 4 rings (SSSR count). The molecule has 0 fully saturated rings. The SMILES string of the molecule is Cc1ccc2c(c1)=C(c1sc(=S)n(C(C(=O)O)c3ccccc3)c1O)C(=O)N=2. The highest BCUT2D eigenvalue weighted by molar-refractivity contribution is 7.73. The van der Waals surface area contributed by atoms with Crippen LogP contribution in [0.2, 0.25) is 0 Å². The molecule has 8 heteroatoms. The van der Waals surface area contributed by atoms with Crippen molar-refractivity contribution in [3.8, 4) is 5.88 Å². The number of carboxylic acid groups (broad SMARTS) is 1. The van der Waals surface area contributed by atoms with Crippen molar-refractivity contribution in [2.45, 2.75) is 13.0 Å². The lowest BCUT2D eigenvalue weighted by atomic mass is 10.1. The summed E-state index contributed by atoms with van der Waals surface area (Å²) in [5.74, 6) is -1.99. The van der Waals surface area contributed by atoms with Gasteiger partial charge in [-0.1, -0.05) is 42.0 Å². The number of carbonyl (C=O) groups is 2. The van der Waals surface area contributed by atoms with Crippen LogP contribution in [0.25, 0.3) is 5.57 Å². The summed E-state index contributed by atoms with van der Waals surface area (Å²) in [5.41, 5.74) is 1.65. The van der Waals surface area contributed by atoms with Crippen molar-refractivity contribution in [3.63, 3.8) is 0 Å². The van der Waals surface area contributed by atoms with Gasteiger partial charge in [-0.3, -0.25) is 9.36 Å². The van der Waals surface area contributed by atoms with Crippen LogP contribution in [0.1, 0.15) is 22.0 Å². The number of aromatic nitrogens is 1. The molecule has 2 aromatic carbocycles. The van der Waals surface area contributed by atoms with Crippen molar-refractivity contribution in [3.05, 3.63) is 79.1 Å². The first-order chi connectivity index (χ1) is 13.4. The van der Waals surface area contributed by atoms with Gasteiger partial charge in [0, 0.05) is 5.22 Å². The fourth-order valence-electron chi connectivity index (χ4n) is 3.25. The number of hydrogen-bond acceptors (Lipinski definition) is 5. The molecule has 0 saturated heterocycles. The van der Waals surface area contributed by atoms with Crippen molar-refractivity contribution in [2.24, 2.45) is 4.99 Å². The van der Waals surface area contributed by atoms with Crippen molar-refractivity contribution in [1.82, 2.24) is 4.57 Å². The summed E-state index contributed by atoms with van der Waals surface area (Å²) in [5, 5.41) is 21.8. The van der Waals surface area contributed by atoms with Crippen LogP contribution in [0.15, 0.2) is 53.5 Å². The number of fused-ring (bicyclic) bond motifs is 1. The lowest BCUT2D eigenvalue weighted by molar-refractivity contribution is -0.139. The normalized spacial score (nSPS) is 13.9. The number of rotatable bonds is 4. The second-order valence-electron chi connectivity index (χ2n) is 6.35. The average Bonchev–Trinajstić information content (AvgIpc) is 3.12. The standard InChI is InChI=1S/C20H14N2O4S2/c1-10-7-8-13-12(9-10)14(17(23)21-13)16-18(24)22(20(27)28-16)15(19(25)26)11-5-3-2-4-6-11/h2-9,15,24H,1H3,(H,25,26). The number of nitrogens with zero attached hydrogens (tertiary/aromatic N) is 2. The lowest BCUT2D eigenvalue weighted by Crippen LogP contribution is -2.23. The third-order valence-electron chi connectivity index (χ3n) is 4.51. The lowest BCUT2D eigenvalue weighted by Gasteiger charge is -2.15. The number of carbonyl (C=O) groups excluding carboxylic acids is 1. The number of benzene rings is 2. The summed E-state index contributed by atoms with van der Waals surface area (Å²) < 4.78 is 1.33. The number of hydrogen-bond donors (Lipinski definition) is 2. The van der Waals surface area contributed by atoms with Crippen molar-refractivity contribution < 1.29 is 19.8 Å². The summed E-state index contributed by atoms with van der Waals surface area (Å²) in [6.45, 7) is 1.89. The van der Waals surface area contributed by atoms with Crippen LogP contribution >= 0.6 is 23.6 Å². The molecule has 3 aromatic rings. The quantitative estimate of drug-likeness (QED) is 0.644. The molecule has 0 spiro atoms. The van der Waals surface area contributed by atoms with Gasteiger partial charge in [-0.25, -0.2) is 9.79 Å². The van der Waals surface area contributed by atoms with Gasteiger partial charge in [-0.15, -0.1) is 11.3 Å². The summed E-state index contributed by atoms with van der Waals surface area (Å²) in [6.07, 6.45) is 0. The third-order valence-corrected chi connectivity index (χ3v) is 5.92. The molecular weight excluding hydrogens is 396 g/mol. The first-order valence-electron chi connectivity index (χ1n) is 8.35. The van der Waals surface area contributed by atoms with E-state index in [1.165, 1.54) is 4.57 Å². The van der Waals surface area contributed by atoms with Crippen LogP contribution in [-0.2, 0) is 9.59 Å². The fraction of sp³-hybridized carbons (Fsp3) is 0.100. The topological polar surface area (TPSA) is 91.9 Å². The van der Waals surface area contributed by atoms with Gasteiger partial charge < -0.3 is 10.2 Å². The second kappa shape index (κ2) is 6.81. The molecule has 1 amide bonds. The van der Waals surface area contributed by atoms with Crippen molar-refractivity contribution in [1.29, 1.82) is 0 Å². The van der Waals surface area contributed by atoms with E-state index >= 15 is 0 Å². The van der Waals surface area contributed by atoms with Crippen LogP contribution in [0.5, 0.6) is 5.88 Å². The minimum atomic E-state index is -1.20. The van der Waals surface area contributed by atoms with Crippen LogP contribution < -0.4 is 10.6 Å². The molecule has 0 saturated carbocycles. The van der Waals surface area contributed by atoms with Crippen molar-refractivity contribution in [2.75, 3.05) is 0 Å². The van der Waals surface area contributed by atoms with E-state index in [9.17, 15) is 19.8 Å². The molecule has 140 valence electrons. The Labute approximate surface area is 168 Å². The second-order valence-corrected chi connectivity index (χ2v) is 8.00. The molecule has 0 radical (unpaired) electrons. The molecular formula is C20H14N2O4S2. The number of aromatic hydroxyl groups is 1. The van der Waals surface area contributed by atoms with Crippen LogP contribution in [0.4, 0.5) is 0 Å². The molecule has 1 aliphatic heterocycles. The van der Waals surface area contributed by atoms with Gasteiger partial charge in [0.05, 0.1) is 10.9 Å². The number of carboxylic acids is 1. The van der Waals surface area contributed by atoms with E-state index in [0.717, 1.165) is 16.9 Å². The molecule has 1 unspecified atom stereocenters. The molecule has 6 nitrogen and oxygen atoms in total. The van der Waals surface area contributed by atoms with E-state index in [-0.39, 0.29) is 20.3 Å². The molecule has 0 aliphatic carbocycles. The molecule has 2 heterocycles. The van der Waals surface area contributed by atoms with E-state index in [2.05, 4.69) is 4.99 Å². The van der Waals surface area contributed by atoms with E-state index in [0.29, 0.717) is 16.1 Å². The molecule has 1 aliphatic rings. The van der Waals surface area contributed by atoms with Crippen LogP contribution in [0, 0.1) is 10.9 Å². The zero-order chi connectivity index (χ0) is 20.0. The van der Waals surface area contributed by atoms with Crippen LogP contribution in [-0.4, -0.2) is 26.7 Å². The van der Waals surface area contributed by atoms with E-state index in [1.54, 1.807) is 36.4 Å². The first kappa shape index (κ1) is 18.3. The van der Waals surface area contributed by atoms with Gasteiger partial charge >= 0.3 is 5.97 Å². The largest absolute Gasteiger partial charge is 0.493 e. The zero-order valence-corrected chi connectivity index (χ0v) is 16.3. The minimum Gasteiger partial charge on any atom is -0.493 e. The van der Waals surface area contributed by atoms with Gasteiger partial charge in [-0.05, 0) is 36.8 Å². The Morgan fingerprint density at radius 3 is 2.61 bits per heavy atom. The smallest absolute Gasteiger partial charge is 0.331 e. The van der Waals surface area contributed by atoms with Gasteiger partial charge in [0.2, 0.25) is 5.88 Å². The maximum absolute atomic E-state index is 12.5. The summed E-state index contributed by atoms with van der Waals surface area (Å²) in [7, 11) is 0. The Morgan fingerprint density at radius 1 is 1.21 bits per heavy atom. The summed E-state index contributed by atoms with van der Waals surface area (Å²) >= 11 is 6.36. The third kappa shape index (κ3) is 2.87. The van der Waals surface area contributed by atoms with Gasteiger partial charge in [-0.2, -0.15) is 0 Å². The van der Waals surface area contributed by atoms with Gasteiger partial charge in [0.15, 0.2) is 10.00 Å². The number of aliphatic carboxylic acids is 1. The monoisotopic (exact) mass is 410 g/mol. The summed E-state index contributed by atoms with van der Waals surface area (Å²) in [4.78, 5) is 28.8. The Bertz CT molecular complexity index is 1310. The van der Waals surface area contributed by atoms with Gasteiger partial charge in [0.1, 0.15) is 4.88 Å². The van der Waals surface area contributed by atoms with E-state index < -0.39 is 17.9 Å². The first-order valence-corrected chi connectivity index (χ1v) is 9.57. The maximum atomic E-state index is 12.5. The Balaban J connectivity index is 1.98.